The number of ether oxygens (including phenoxy) is 1. The van der Waals surface area contributed by atoms with E-state index in [4.69, 9.17) is 45.4 Å². The summed E-state index contributed by atoms with van der Waals surface area (Å²) in [6.07, 6.45) is 4.30. The van der Waals surface area contributed by atoms with Gasteiger partial charge in [0.15, 0.2) is 5.11 Å². The lowest BCUT2D eigenvalue weighted by atomic mass is 10.1. The summed E-state index contributed by atoms with van der Waals surface area (Å²) in [5.74, 6) is -0.140. The van der Waals surface area contributed by atoms with Crippen LogP contribution in [0, 0.1) is 11.3 Å². The van der Waals surface area contributed by atoms with Gasteiger partial charge in [0.05, 0.1) is 34.4 Å². The number of thiocarbonyl (C=S) groups is 1. The zero-order chi connectivity index (χ0) is 28.9. The summed E-state index contributed by atoms with van der Waals surface area (Å²) in [7, 11) is 0. The Labute approximate surface area is 251 Å². The molecule has 0 saturated heterocycles. The number of imidazole rings is 1. The zero-order valence-electron chi connectivity index (χ0n) is 22.7. The Hall–Kier alpha value is -3.00. The summed E-state index contributed by atoms with van der Waals surface area (Å²) in [5.41, 5.74) is 3.25. The van der Waals surface area contributed by atoms with E-state index in [-0.39, 0.29) is 18.4 Å². The monoisotopic (exact) mass is 600 g/mol. The maximum Gasteiger partial charge on any atom is 0.235 e. The Kier molecular flexibility index (Phi) is 12.9. The van der Waals surface area contributed by atoms with E-state index in [9.17, 15) is 4.79 Å². The largest absolute Gasteiger partial charge is 0.382 e. The summed E-state index contributed by atoms with van der Waals surface area (Å²) in [4.78, 5) is 19.6. The SMILES string of the molecule is CCOCCCNC(=S)N(C(=O)Cc1cncn1Cc1ccc(C#N)cc1)[C@@H](C)CNCc1cccc(Cl)c1Cl. The van der Waals surface area contributed by atoms with Crippen LogP contribution in [0.15, 0.2) is 55.0 Å². The number of carbonyl (C=O) groups is 1. The Morgan fingerprint density at radius 1 is 1.25 bits per heavy atom. The molecule has 0 spiro atoms. The molecule has 0 radical (unpaired) electrons. The van der Waals surface area contributed by atoms with Crippen LogP contribution < -0.4 is 10.6 Å². The summed E-state index contributed by atoms with van der Waals surface area (Å²) in [6, 6.07) is 14.8. The number of nitrogens with one attached hydrogen (secondary N) is 2. The molecule has 0 aliphatic heterocycles. The van der Waals surface area contributed by atoms with Gasteiger partial charge in [0.25, 0.3) is 0 Å². The molecule has 0 fully saturated rings. The average molecular weight is 602 g/mol. The second kappa shape index (κ2) is 16.3. The van der Waals surface area contributed by atoms with Gasteiger partial charge in [0.2, 0.25) is 5.91 Å². The van der Waals surface area contributed by atoms with Gasteiger partial charge in [-0.2, -0.15) is 5.26 Å². The van der Waals surface area contributed by atoms with Crippen LogP contribution in [0.3, 0.4) is 0 Å². The highest BCUT2D eigenvalue weighted by molar-refractivity contribution is 7.80. The maximum absolute atomic E-state index is 13.7. The van der Waals surface area contributed by atoms with E-state index in [2.05, 4.69) is 21.7 Å². The lowest BCUT2D eigenvalue weighted by Crippen LogP contribution is -2.52. The number of hydrogen-bond donors (Lipinski definition) is 2. The molecule has 3 rings (SSSR count). The van der Waals surface area contributed by atoms with Crippen molar-refractivity contribution in [3.8, 4) is 6.07 Å². The van der Waals surface area contributed by atoms with Crippen LogP contribution in [0.4, 0.5) is 0 Å². The fraction of sp³-hybridized carbons (Fsp3) is 0.379. The number of benzene rings is 2. The molecule has 1 heterocycles. The van der Waals surface area contributed by atoms with Crippen molar-refractivity contribution in [1.82, 2.24) is 25.1 Å². The van der Waals surface area contributed by atoms with Gasteiger partial charge in [-0.15, -0.1) is 0 Å². The molecule has 11 heteroatoms. The minimum Gasteiger partial charge on any atom is -0.382 e. The predicted molar refractivity (Wildman–Crippen MR) is 162 cm³/mol. The van der Waals surface area contributed by atoms with E-state index in [0.29, 0.717) is 60.1 Å². The van der Waals surface area contributed by atoms with Crippen LogP contribution in [-0.4, -0.2) is 57.8 Å². The van der Waals surface area contributed by atoms with Crippen LogP contribution in [-0.2, 0) is 29.0 Å². The fourth-order valence-corrected chi connectivity index (χ4v) is 4.88. The third-order valence-corrected chi connectivity index (χ3v) is 7.43. The first-order chi connectivity index (χ1) is 19.3. The van der Waals surface area contributed by atoms with Crippen LogP contribution in [0.1, 0.15) is 42.7 Å². The van der Waals surface area contributed by atoms with Gasteiger partial charge in [0.1, 0.15) is 0 Å². The first-order valence-corrected chi connectivity index (χ1v) is 14.3. The van der Waals surface area contributed by atoms with Crippen LogP contribution in [0.5, 0.6) is 0 Å². The predicted octanol–water partition coefficient (Wildman–Crippen LogP) is 4.96. The maximum atomic E-state index is 13.7. The second-order valence-corrected chi connectivity index (χ2v) is 10.4. The molecule has 0 aliphatic carbocycles. The molecular formula is C29H34Cl2N6O2S. The minimum absolute atomic E-state index is 0.126. The Morgan fingerprint density at radius 2 is 2.02 bits per heavy atom. The third-order valence-electron chi connectivity index (χ3n) is 6.23. The van der Waals surface area contributed by atoms with E-state index >= 15 is 0 Å². The molecule has 0 bridgehead atoms. The molecule has 212 valence electrons. The molecule has 3 aromatic rings. The number of halogens is 2. The van der Waals surface area contributed by atoms with Crippen LogP contribution in [0.2, 0.25) is 10.0 Å². The number of hydrogen-bond acceptors (Lipinski definition) is 6. The lowest BCUT2D eigenvalue weighted by Gasteiger charge is -2.30. The molecule has 2 N–H and O–H groups in total. The topological polar surface area (TPSA) is 95.2 Å². The molecule has 0 aliphatic rings. The number of carbonyl (C=O) groups excluding carboxylic acids is 1. The summed E-state index contributed by atoms with van der Waals surface area (Å²) in [5, 5.41) is 17.0. The van der Waals surface area contributed by atoms with Gasteiger partial charge in [-0.1, -0.05) is 47.5 Å². The van der Waals surface area contributed by atoms with Crippen molar-refractivity contribution in [1.29, 1.82) is 5.26 Å². The molecule has 40 heavy (non-hydrogen) atoms. The number of amides is 1. The average Bonchev–Trinajstić information content (AvgIpc) is 3.37. The summed E-state index contributed by atoms with van der Waals surface area (Å²) >= 11 is 18.2. The first-order valence-electron chi connectivity index (χ1n) is 13.1. The fourth-order valence-electron chi connectivity index (χ4n) is 4.11. The normalized spacial score (nSPS) is 11.6. The number of rotatable bonds is 14. The van der Waals surface area contributed by atoms with Crippen molar-refractivity contribution >= 4 is 46.4 Å². The van der Waals surface area contributed by atoms with Crippen molar-refractivity contribution in [2.24, 2.45) is 0 Å². The number of aromatic nitrogens is 2. The first kappa shape index (κ1) is 31.5. The molecule has 1 amide bonds. The van der Waals surface area contributed by atoms with Crippen molar-refractivity contribution in [2.45, 2.75) is 45.8 Å². The molecule has 1 aromatic heterocycles. The minimum atomic E-state index is -0.243. The molecule has 0 unspecified atom stereocenters. The Bertz CT molecular complexity index is 1310. The summed E-state index contributed by atoms with van der Waals surface area (Å²) < 4.78 is 7.34. The van der Waals surface area contributed by atoms with Gasteiger partial charge in [-0.3, -0.25) is 9.69 Å². The molecule has 1 atom stereocenters. The standard InChI is InChI=1S/C29H34Cl2N6O2S/c1-3-39-13-5-12-35-29(40)37(21(2)16-33-17-24-6-4-7-26(30)28(24)31)27(38)14-25-18-34-20-36(25)19-23-10-8-22(15-32)9-11-23/h4,6-11,18,20-21,33H,3,5,12-14,16-17,19H2,1-2H3,(H,35,40)/t21-/m0/s1. The Morgan fingerprint density at radius 3 is 2.75 bits per heavy atom. The van der Waals surface area contributed by atoms with E-state index in [0.717, 1.165) is 23.2 Å². The van der Waals surface area contributed by atoms with Crippen LogP contribution >= 0.6 is 35.4 Å². The van der Waals surface area contributed by atoms with Crippen molar-refractivity contribution in [3.05, 3.63) is 87.4 Å². The quantitative estimate of drug-likeness (QED) is 0.199. The lowest BCUT2D eigenvalue weighted by molar-refractivity contribution is -0.128. The van der Waals surface area contributed by atoms with Crippen molar-refractivity contribution in [3.63, 3.8) is 0 Å². The van der Waals surface area contributed by atoms with Gasteiger partial charge in [0, 0.05) is 57.3 Å². The van der Waals surface area contributed by atoms with E-state index in [1.54, 1.807) is 35.6 Å². The van der Waals surface area contributed by atoms with Crippen molar-refractivity contribution in [2.75, 3.05) is 26.3 Å². The molecule has 0 saturated carbocycles. The van der Waals surface area contributed by atoms with Gasteiger partial charge >= 0.3 is 0 Å². The van der Waals surface area contributed by atoms with Gasteiger partial charge < -0.3 is 19.9 Å². The Balaban J connectivity index is 1.68. The van der Waals surface area contributed by atoms with E-state index < -0.39 is 0 Å². The third kappa shape index (κ3) is 9.29. The summed E-state index contributed by atoms with van der Waals surface area (Å²) in [6.45, 7) is 7.29. The highest BCUT2D eigenvalue weighted by Crippen LogP contribution is 2.25. The van der Waals surface area contributed by atoms with Gasteiger partial charge in [-0.25, -0.2) is 4.98 Å². The zero-order valence-corrected chi connectivity index (χ0v) is 25.0. The van der Waals surface area contributed by atoms with Crippen LogP contribution in [0.25, 0.3) is 0 Å². The highest BCUT2D eigenvalue weighted by Gasteiger charge is 2.25. The highest BCUT2D eigenvalue weighted by atomic mass is 35.5. The molecule has 8 nitrogen and oxygen atoms in total. The number of nitriles is 1. The molecular weight excluding hydrogens is 567 g/mol. The van der Waals surface area contributed by atoms with Crippen molar-refractivity contribution < 1.29 is 9.53 Å². The molecule has 2 aromatic carbocycles. The van der Waals surface area contributed by atoms with E-state index in [1.807, 2.05) is 42.7 Å². The van der Waals surface area contributed by atoms with Gasteiger partial charge in [-0.05, 0) is 61.8 Å². The smallest absolute Gasteiger partial charge is 0.235 e. The number of nitrogens with zero attached hydrogens (tertiary/aromatic N) is 4. The second-order valence-electron chi connectivity index (χ2n) is 9.24. The van der Waals surface area contributed by atoms with E-state index in [1.165, 1.54) is 0 Å².